The number of hydrogen-bond acceptors (Lipinski definition) is 4. The Labute approximate surface area is 181 Å². The van der Waals surface area contributed by atoms with Crippen LogP contribution in [0.3, 0.4) is 0 Å². The lowest BCUT2D eigenvalue weighted by atomic mass is 10.0. The van der Waals surface area contributed by atoms with Crippen molar-refractivity contribution in [2.24, 2.45) is 0 Å². The number of hydrogen-bond donors (Lipinski definition) is 1. The van der Waals surface area contributed by atoms with E-state index in [1.807, 2.05) is 19.1 Å². The van der Waals surface area contributed by atoms with E-state index in [4.69, 9.17) is 0 Å². The molecule has 4 amide bonds. The maximum atomic E-state index is 13.0. The largest absolute Gasteiger partial charge is 0.349 e. The average molecular weight is 419 g/mol. The molecule has 0 aromatic heterocycles. The van der Waals surface area contributed by atoms with Gasteiger partial charge in [-0.1, -0.05) is 29.8 Å². The van der Waals surface area contributed by atoms with Crippen molar-refractivity contribution in [1.29, 1.82) is 0 Å². The molecule has 0 saturated carbocycles. The first-order valence-corrected chi connectivity index (χ1v) is 10.5. The van der Waals surface area contributed by atoms with Crippen LogP contribution in [0.2, 0.25) is 0 Å². The molecule has 160 valence electrons. The molecule has 2 aliphatic heterocycles. The van der Waals surface area contributed by atoms with E-state index in [1.54, 1.807) is 48.2 Å². The lowest BCUT2D eigenvalue weighted by Gasteiger charge is -2.35. The average Bonchev–Trinajstić information content (AvgIpc) is 3.04. The van der Waals surface area contributed by atoms with Crippen molar-refractivity contribution >= 4 is 23.6 Å². The summed E-state index contributed by atoms with van der Waals surface area (Å²) in [5.41, 5.74) is 2.38. The lowest BCUT2D eigenvalue weighted by Crippen LogP contribution is -2.53. The molecule has 1 atom stereocenters. The maximum Gasteiger partial charge on any atom is 0.262 e. The van der Waals surface area contributed by atoms with Gasteiger partial charge in [-0.05, 0) is 51.0 Å². The third kappa shape index (κ3) is 3.95. The van der Waals surface area contributed by atoms with E-state index in [9.17, 15) is 19.2 Å². The van der Waals surface area contributed by atoms with Gasteiger partial charge in [0.15, 0.2) is 0 Å². The van der Waals surface area contributed by atoms with Crippen LogP contribution in [0.4, 0.5) is 0 Å². The Morgan fingerprint density at radius 2 is 1.48 bits per heavy atom. The van der Waals surface area contributed by atoms with Crippen LogP contribution in [0.25, 0.3) is 0 Å². The standard InChI is InChI=1S/C24H25N3O4/c1-15-7-9-17(10-8-15)21(28)25-18-11-13-26(14-12-18)22(29)16(2)27-23(30)19-5-3-4-6-20(19)24(27)31/h3-10,16,18H,11-14H2,1-2H3,(H,25,28). The van der Waals surface area contributed by atoms with Crippen LogP contribution in [0.15, 0.2) is 48.5 Å². The summed E-state index contributed by atoms with van der Waals surface area (Å²) in [5, 5.41) is 3.03. The zero-order valence-corrected chi connectivity index (χ0v) is 17.6. The number of amides is 4. The van der Waals surface area contributed by atoms with Gasteiger partial charge in [-0.3, -0.25) is 24.1 Å². The van der Waals surface area contributed by atoms with Gasteiger partial charge in [0.2, 0.25) is 5.91 Å². The van der Waals surface area contributed by atoms with Crippen molar-refractivity contribution in [2.75, 3.05) is 13.1 Å². The first-order chi connectivity index (χ1) is 14.9. The number of piperidine rings is 1. The van der Waals surface area contributed by atoms with Crippen LogP contribution >= 0.6 is 0 Å². The van der Waals surface area contributed by atoms with Crippen LogP contribution in [0, 0.1) is 6.92 Å². The molecule has 0 bridgehead atoms. The highest BCUT2D eigenvalue weighted by Crippen LogP contribution is 2.25. The van der Waals surface area contributed by atoms with Crippen LogP contribution in [0.1, 0.15) is 56.4 Å². The van der Waals surface area contributed by atoms with Gasteiger partial charge in [0.05, 0.1) is 11.1 Å². The summed E-state index contributed by atoms with van der Waals surface area (Å²) < 4.78 is 0. The van der Waals surface area contributed by atoms with Gasteiger partial charge in [-0.15, -0.1) is 0 Å². The highest BCUT2D eigenvalue weighted by molar-refractivity contribution is 6.22. The summed E-state index contributed by atoms with van der Waals surface area (Å²) in [4.78, 5) is 53.5. The molecule has 7 heteroatoms. The predicted molar refractivity (Wildman–Crippen MR) is 115 cm³/mol. The number of nitrogens with zero attached hydrogens (tertiary/aromatic N) is 2. The van der Waals surface area contributed by atoms with Crippen molar-refractivity contribution in [3.8, 4) is 0 Å². The van der Waals surface area contributed by atoms with Crippen molar-refractivity contribution in [1.82, 2.24) is 15.1 Å². The monoisotopic (exact) mass is 419 g/mol. The molecule has 1 fully saturated rings. The molecule has 31 heavy (non-hydrogen) atoms. The predicted octanol–water partition coefficient (Wildman–Crippen LogP) is 2.40. The first-order valence-electron chi connectivity index (χ1n) is 10.5. The molecule has 2 heterocycles. The van der Waals surface area contributed by atoms with E-state index < -0.39 is 17.9 Å². The second-order valence-electron chi connectivity index (χ2n) is 8.14. The van der Waals surface area contributed by atoms with Gasteiger partial charge >= 0.3 is 0 Å². The molecule has 1 N–H and O–H groups in total. The summed E-state index contributed by atoms with van der Waals surface area (Å²) in [7, 11) is 0. The summed E-state index contributed by atoms with van der Waals surface area (Å²) in [6.45, 7) is 4.49. The molecule has 0 aliphatic carbocycles. The molecule has 1 saturated heterocycles. The Balaban J connectivity index is 1.34. The molecule has 2 aromatic rings. The van der Waals surface area contributed by atoms with Crippen LogP contribution in [-0.4, -0.2) is 58.6 Å². The quantitative estimate of drug-likeness (QED) is 0.771. The van der Waals surface area contributed by atoms with Gasteiger partial charge in [-0.2, -0.15) is 0 Å². The molecular formula is C24H25N3O4. The first kappa shape index (κ1) is 20.8. The summed E-state index contributed by atoms with van der Waals surface area (Å²) in [5.74, 6) is -1.23. The maximum absolute atomic E-state index is 13.0. The number of carbonyl (C=O) groups excluding carboxylic acids is 4. The van der Waals surface area contributed by atoms with Gasteiger partial charge in [0.1, 0.15) is 6.04 Å². The molecule has 4 rings (SSSR count). The number of aryl methyl sites for hydroxylation is 1. The van der Waals surface area contributed by atoms with Crippen LogP contribution < -0.4 is 5.32 Å². The van der Waals surface area contributed by atoms with Crippen LogP contribution in [-0.2, 0) is 4.79 Å². The van der Waals surface area contributed by atoms with E-state index in [2.05, 4.69) is 5.32 Å². The Hall–Kier alpha value is -3.48. The normalized spacial score (nSPS) is 17.5. The van der Waals surface area contributed by atoms with Crippen LogP contribution in [0.5, 0.6) is 0 Å². The summed E-state index contributed by atoms with van der Waals surface area (Å²) >= 11 is 0. The Morgan fingerprint density at radius 1 is 0.935 bits per heavy atom. The second kappa shape index (κ2) is 8.34. The fraction of sp³-hybridized carbons (Fsp3) is 0.333. The SMILES string of the molecule is Cc1ccc(C(=O)NC2CCN(C(=O)C(C)N3C(=O)c4ccccc4C3=O)CC2)cc1. The van der Waals surface area contributed by atoms with Gasteiger partial charge in [0.25, 0.3) is 17.7 Å². The highest BCUT2D eigenvalue weighted by Gasteiger charge is 2.42. The van der Waals surface area contributed by atoms with E-state index in [0.717, 1.165) is 10.5 Å². The highest BCUT2D eigenvalue weighted by atomic mass is 16.2. The number of imide groups is 1. The van der Waals surface area contributed by atoms with E-state index >= 15 is 0 Å². The number of carbonyl (C=O) groups is 4. The minimum Gasteiger partial charge on any atom is -0.349 e. The third-order valence-electron chi connectivity index (χ3n) is 6.03. The Kier molecular flexibility index (Phi) is 5.59. The zero-order chi connectivity index (χ0) is 22.1. The summed E-state index contributed by atoms with van der Waals surface area (Å²) in [6, 6.07) is 13.1. The molecule has 0 radical (unpaired) electrons. The molecule has 7 nitrogen and oxygen atoms in total. The zero-order valence-electron chi connectivity index (χ0n) is 17.6. The smallest absolute Gasteiger partial charge is 0.262 e. The lowest BCUT2D eigenvalue weighted by molar-refractivity contribution is -0.136. The van der Waals surface area contributed by atoms with E-state index in [-0.39, 0.29) is 17.9 Å². The molecule has 2 aromatic carbocycles. The minimum absolute atomic E-state index is 0.0209. The Morgan fingerprint density at radius 3 is 2.03 bits per heavy atom. The number of fused-ring (bicyclic) bond motifs is 1. The number of benzene rings is 2. The van der Waals surface area contributed by atoms with Crippen molar-refractivity contribution in [2.45, 2.75) is 38.8 Å². The minimum atomic E-state index is -0.869. The third-order valence-corrected chi connectivity index (χ3v) is 6.03. The fourth-order valence-corrected chi connectivity index (χ4v) is 4.15. The number of rotatable bonds is 4. The van der Waals surface area contributed by atoms with Gasteiger partial charge < -0.3 is 10.2 Å². The fourth-order valence-electron chi connectivity index (χ4n) is 4.15. The van der Waals surface area contributed by atoms with Gasteiger partial charge in [-0.25, -0.2) is 0 Å². The number of likely N-dealkylation sites (tertiary alicyclic amines) is 1. The van der Waals surface area contributed by atoms with Crippen molar-refractivity contribution in [3.63, 3.8) is 0 Å². The van der Waals surface area contributed by atoms with E-state index in [1.165, 1.54) is 0 Å². The Bertz CT molecular complexity index is 1000. The van der Waals surface area contributed by atoms with E-state index in [0.29, 0.717) is 42.6 Å². The molecule has 2 aliphatic rings. The topological polar surface area (TPSA) is 86.8 Å². The van der Waals surface area contributed by atoms with Crippen molar-refractivity contribution < 1.29 is 19.2 Å². The molecule has 0 spiro atoms. The molecule has 1 unspecified atom stereocenters. The summed E-state index contributed by atoms with van der Waals surface area (Å²) in [6.07, 6.45) is 1.25. The second-order valence-corrected chi connectivity index (χ2v) is 8.14. The van der Waals surface area contributed by atoms with Gasteiger partial charge in [0, 0.05) is 24.7 Å². The number of nitrogens with one attached hydrogen (secondary N) is 1. The molecular weight excluding hydrogens is 394 g/mol. The van der Waals surface area contributed by atoms with Crippen molar-refractivity contribution in [3.05, 3.63) is 70.8 Å².